The summed E-state index contributed by atoms with van der Waals surface area (Å²) in [6.07, 6.45) is 5.96. The highest BCUT2D eigenvalue weighted by atomic mass is 32.2. The molecule has 2 fully saturated rings. The van der Waals surface area contributed by atoms with Gasteiger partial charge in [0.15, 0.2) is 9.84 Å². The van der Waals surface area contributed by atoms with Gasteiger partial charge in [-0.1, -0.05) is 76.2 Å². The number of carboxylic acid groups (broad SMARTS) is 1. The Labute approximate surface area is 395 Å². The van der Waals surface area contributed by atoms with E-state index in [0.717, 1.165) is 64.3 Å². The van der Waals surface area contributed by atoms with Crippen LogP contribution in [0.2, 0.25) is 0 Å². The van der Waals surface area contributed by atoms with Gasteiger partial charge in [-0.05, 0) is 85.0 Å². The number of likely N-dealkylation sites (tertiary alicyclic amines) is 2. The summed E-state index contributed by atoms with van der Waals surface area (Å²) in [5.74, 6) is 0.497. The molecule has 1 unspecified atom stereocenters. The van der Waals surface area contributed by atoms with Crippen molar-refractivity contribution in [3.05, 3.63) is 109 Å². The molecule has 68 heavy (non-hydrogen) atoms. The molecule has 0 radical (unpaired) electrons. The standard InChI is InChI=1S/C50H57N9O8S/c1-29(2)43(55-49(62)63)47(60)57-25-7-9-41(57)45-51-27-37(53-45)31-11-15-33(16-12-31)39-23-24-40(59(39)35-19-21-36(22-20-35)68(6,65)66)34-17-13-32(14-18-34)38-28-52-46(54-38)42-10-8-26-58(42)48(61)44(30(3)4)56-50(64)67-5/h11-24,27-30,41-44,55H,7-10,25-26H2,1-6H3,(H,51,53)(H,52,54)(H,56,64)(H,62,63)/t41-,42?,43-,44-/m0/s1. The molecule has 2 aliphatic heterocycles. The van der Waals surface area contributed by atoms with E-state index in [4.69, 9.17) is 14.7 Å². The molecule has 3 aromatic heterocycles. The molecule has 6 aromatic rings. The Balaban J connectivity index is 1.05. The lowest BCUT2D eigenvalue weighted by Crippen LogP contribution is -2.51. The van der Waals surface area contributed by atoms with Crippen LogP contribution in [0.25, 0.3) is 50.7 Å². The number of aromatic nitrogens is 5. The number of imidazole rings is 2. The zero-order valence-corrected chi connectivity index (χ0v) is 39.7. The van der Waals surface area contributed by atoms with Crippen LogP contribution in [0.15, 0.2) is 102 Å². The average molecular weight is 944 g/mol. The zero-order chi connectivity index (χ0) is 48.4. The molecule has 2 aliphatic rings. The van der Waals surface area contributed by atoms with Crippen molar-refractivity contribution in [1.82, 2.24) is 44.9 Å². The first-order chi connectivity index (χ1) is 32.5. The van der Waals surface area contributed by atoms with E-state index in [9.17, 15) is 32.7 Å². The van der Waals surface area contributed by atoms with E-state index in [-0.39, 0.29) is 40.6 Å². The monoisotopic (exact) mass is 943 g/mol. The number of nitrogens with one attached hydrogen (secondary N) is 4. The number of carbonyl (C=O) groups excluding carboxylic acids is 3. The van der Waals surface area contributed by atoms with Crippen molar-refractivity contribution in [3.63, 3.8) is 0 Å². The molecule has 17 nitrogen and oxygen atoms in total. The Hall–Kier alpha value is -7.21. The fourth-order valence-electron chi connectivity index (χ4n) is 9.27. The largest absolute Gasteiger partial charge is 0.465 e. The molecule has 4 amide bonds. The number of rotatable bonds is 14. The van der Waals surface area contributed by atoms with Gasteiger partial charge in [0.2, 0.25) is 11.8 Å². The summed E-state index contributed by atoms with van der Waals surface area (Å²) in [4.78, 5) is 70.9. The average Bonchev–Trinajstić information content (AvgIpc) is 4.18. The number of hydrogen-bond donors (Lipinski definition) is 5. The van der Waals surface area contributed by atoms with Gasteiger partial charge >= 0.3 is 12.2 Å². The van der Waals surface area contributed by atoms with E-state index in [2.05, 4.69) is 25.2 Å². The van der Waals surface area contributed by atoms with E-state index in [1.165, 1.54) is 13.4 Å². The number of aromatic amines is 2. The molecule has 0 spiro atoms. The number of H-pyrrole nitrogens is 2. The highest BCUT2D eigenvalue weighted by Crippen LogP contribution is 2.37. The van der Waals surface area contributed by atoms with Crippen LogP contribution in [-0.4, -0.2) is 110 Å². The molecule has 8 rings (SSSR count). The van der Waals surface area contributed by atoms with Crippen LogP contribution in [0.4, 0.5) is 9.59 Å². The second kappa shape index (κ2) is 19.6. The molecule has 0 saturated carbocycles. The van der Waals surface area contributed by atoms with Crippen molar-refractivity contribution < 1.29 is 37.4 Å². The predicted octanol–water partition coefficient (Wildman–Crippen LogP) is 7.99. The van der Waals surface area contributed by atoms with Crippen molar-refractivity contribution in [2.75, 3.05) is 26.5 Å². The molecule has 18 heteroatoms. The molecule has 5 N–H and O–H groups in total. The number of ether oxygens (including phenoxy) is 1. The summed E-state index contributed by atoms with van der Waals surface area (Å²) < 4.78 is 31.7. The SMILES string of the molecule is COC(=O)N[C@H](C(=O)N1CCCC1c1nc(-c2ccc(-c3ccc(-c4ccc(-c5c[nH]c([C@@H]6CCCN6C(=O)[C@@H](NC(=O)O)C(C)C)n5)cc4)n3-c3ccc(S(C)(=O)=O)cc3)cc2)c[nH]1)C(C)C. The van der Waals surface area contributed by atoms with Gasteiger partial charge in [-0.15, -0.1) is 0 Å². The minimum absolute atomic E-state index is 0.146. The molecule has 5 heterocycles. The van der Waals surface area contributed by atoms with Gasteiger partial charge in [-0.25, -0.2) is 28.0 Å². The number of methoxy groups -OCH3 is 1. The van der Waals surface area contributed by atoms with Crippen molar-refractivity contribution in [2.45, 2.75) is 82.4 Å². The number of sulfone groups is 1. The molecule has 0 bridgehead atoms. The summed E-state index contributed by atoms with van der Waals surface area (Å²) in [5.41, 5.74) is 7.47. The lowest BCUT2D eigenvalue weighted by atomic mass is 10.0. The van der Waals surface area contributed by atoms with Crippen molar-refractivity contribution >= 4 is 33.8 Å². The smallest absolute Gasteiger partial charge is 0.407 e. The summed E-state index contributed by atoms with van der Waals surface area (Å²) >= 11 is 0. The maximum atomic E-state index is 13.7. The van der Waals surface area contributed by atoms with Crippen molar-refractivity contribution in [1.29, 1.82) is 0 Å². The van der Waals surface area contributed by atoms with Crippen molar-refractivity contribution in [2.24, 2.45) is 11.8 Å². The van der Waals surface area contributed by atoms with Crippen LogP contribution in [0.3, 0.4) is 0 Å². The third kappa shape index (κ3) is 9.77. The van der Waals surface area contributed by atoms with Crippen LogP contribution in [-0.2, 0) is 24.2 Å². The number of amides is 4. The third-order valence-corrected chi connectivity index (χ3v) is 14.0. The topological polar surface area (TPSA) is 225 Å². The van der Waals surface area contributed by atoms with E-state index >= 15 is 0 Å². The highest BCUT2D eigenvalue weighted by molar-refractivity contribution is 7.90. The number of hydrogen-bond acceptors (Lipinski definition) is 9. The van der Waals surface area contributed by atoms with E-state index < -0.39 is 34.1 Å². The maximum Gasteiger partial charge on any atom is 0.407 e. The Morgan fingerprint density at radius 1 is 0.662 bits per heavy atom. The van der Waals surface area contributed by atoms with Crippen molar-refractivity contribution in [3.8, 4) is 50.7 Å². The zero-order valence-electron chi connectivity index (χ0n) is 38.9. The van der Waals surface area contributed by atoms with Gasteiger partial charge in [0.1, 0.15) is 23.7 Å². The number of nitrogens with zero attached hydrogens (tertiary/aromatic N) is 5. The normalized spacial score (nSPS) is 17.1. The second-order valence-corrected chi connectivity index (χ2v) is 20.1. The van der Waals surface area contributed by atoms with Gasteiger partial charge in [-0.2, -0.15) is 0 Å². The van der Waals surface area contributed by atoms with Crippen LogP contribution in [0.1, 0.15) is 77.1 Å². The number of alkyl carbamates (subject to hydrolysis) is 1. The molecule has 3 aromatic carbocycles. The van der Waals surface area contributed by atoms with Gasteiger partial charge < -0.3 is 44.8 Å². The van der Waals surface area contributed by atoms with Gasteiger partial charge in [0.25, 0.3) is 0 Å². The lowest BCUT2D eigenvalue weighted by Gasteiger charge is -2.29. The van der Waals surface area contributed by atoms with E-state index in [1.54, 1.807) is 34.1 Å². The fourth-order valence-corrected chi connectivity index (χ4v) is 9.91. The fraction of sp³-hybridized carbons (Fsp3) is 0.360. The quantitative estimate of drug-likeness (QED) is 0.0708. The molecule has 356 valence electrons. The Morgan fingerprint density at radius 3 is 1.49 bits per heavy atom. The van der Waals surface area contributed by atoms with Gasteiger partial charge in [-0.3, -0.25) is 9.59 Å². The van der Waals surface area contributed by atoms with E-state index in [0.29, 0.717) is 36.9 Å². The summed E-state index contributed by atoms with van der Waals surface area (Å²) in [5, 5.41) is 14.5. The Bertz CT molecular complexity index is 2900. The first-order valence-electron chi connectivity index (χ1n) is 22.8. The summed E-state index contributed by atoms with van der Waals surface area (Å²) in [6, 6.07) is 24.7. The van der Waals surface area contributed by atoms with Gasteiger partial charge in [0, 0.05) is 48.6 Å². The number of carbonyl (C=O) groups is 4. The molecule has 0 aliphatic carbocycles. The summed E-state index contributed by atoms with van der Waals surface area (Å²) in [6.45, 7) is 8.46. The molecule has 4 atom stereocenters. The Kier molecular flexibility index (Phi) is 13.6. The minimum atomic E-state index is -3.43. The van der Waals surface area contributed by atoms with Crippen LogP contribution >= 0.6 is 0 Å². The summed E-state index contributed by atoms with van der Waals surface area (Å²) in [7, 11) is -2.16. The number of benzene rings is 3. The lowest BCUT2D eigenvalue weighted by molar-refractivity contribution is -0.136. The highest BCUT2D eigenvalue weighted by Gasteiger charge is 2.39. The minimum Gasteiger partial charge on any atom is -0.465 e. The molecule has 2 saturated heterocycles. The Morgan fingerprint density at radius 2 is 1.09 bits per heavy atom. The first kappa shape index (κ1) is 47.3. The maximum absolute atomic E-state index is 13.7. The molecular weight excluding hydrogens is 887 g/mol. The van der Waals surface area contributed by atoms with E-state index in [1.807, 2.05) is 101 Å². The second-order valence-electron chi connectivity index (χ2n) is 18.1. The third-order valence-electron chi connectivity index (χ3n) is 12.9. The predicted molar refractivity (Wildman–Crippen MR) is 256 cm³/mol. The molecular formula is C50H57N9O8S. The van der Waals surface area contributed by atoms with Crippen LogP contribution in [0.5, 0.6) is 0 Å². The van der Waals surface area contributed by atoms with Gasteiger partial charge in [0.05, 0.1) is 46.9 Å². The first-order valence-corrected chi connectivity index (χ1v) is 24.7. The van der Waals surface area contributed by atoms with Crippen LogP contribution < -0.4 is 10.6 Å². The van der Waals surface area contributed by atoms with Crippen LogP contribution in [0, 0.1) is 11.8 Å².